The summed E-state index contributed by atoms with van der Waals surface area (Å²) in [6, 6.07) is 50.2. The zero-order valence-electron chi connectivity index (χ0n) is 26.2. The number of hydrogen-bond donors (Lipinski definition) is 0. The molecule has 0 fully saturated rings. The van der Waals surface area contributed by atoms with Gasteiger partial charge in [0.2, 0.25) is 0 Å². The number of nitrogens with zero attached hydrogens (tertiary/aromatic N) is 4. The van der Waals surface area contributed by atoms with Gasteiger partial charge in [-0.15, -0.1) is 0 Å². The molecular weight excluding hydrogens is 601 g/mol. The van der Waals surface area contributed by atoms with Gasteiger partial charge in [-0.05, 0) is 68.9 Å². The van der Waals surface area contributed by atoms with Gasteiger partial charge in [0.1, 0.15) is 11.2 Å². The third-order valence-corrected chi connectivity index (χ3v) is 9.38. The average molecular weight is 627 g/mol. The van der Waals surface area contributed by atoms with Crippen molar-refractivity contribution >= 4 is 54.3 Å². The second kappa shape index (κ2) is 10.9. The van der Waals surface area contributed by atoms with Gasteiger partial charge in [0.15, 0.2) is 17.5 Å². The molecule has 3 heterocycles. The van der Waals surface area contributed by atoms with E-state index >= 15 is 0 Å². The van der Waals surface area contributed by atoms with E-state index in [2.05, 4.69) is 108 Å². The summed E-state index contributed by atoms with van der Waals surface area (Å²) in [6.45, 7) is 0. The van der Waals surface area contributed by atoms with Crippen LogP contribution in [0.25, 0.3) is 99.5 Å². The van der Waals surface area contributed by atoms with Crippen LogP contribution < -0.4 is 0 Å². The minimum Gasteiger partial charge on any atom is -0.455 e. The molecule has 0 radical (unpaired) electrons. The summed E-state index contributed by atoms with van der Waals surface area (Å²) in [5, 5.41) is 8.79. The first-order chi connectivity index (χ1) is 24.3. The monoisotopic (exact) mass is 626 g/mol. The Morgan fingerprint density at radius 2 is 1.08 bits per heavy atom. The van der Waals surface area contributed by atoms with E-state index in [0.29, 0.717) is 17.5 Å². The molecule has 0 aliphatic carbocycles. The molecule has 3 aromatic heterocycles. The molecule has 49 heavy (non-hydrogen) atoms. The first-order valence-corrected chi connectivity index (χ1v) is 16.3. The van der Waals surface area contributed by atoms with Gasteiger partial charge < -0.3 is 4.42 Å². The fraction of sp³-hybridized carbons (Fsp3) is 0. The molecule has 5 heteroatoms. The Balaban J connectivity index is 1.27. The Morgan fingerprint density at radius 3 is 1.92 bits per heavy atom. The van der Waals surface area contributed by atoms with Gasteiger partial charge in [-0.2, -0.15) is 0 Å². The Labute approximate surface area is 281 Å². The maximum absolute atomic E-state index is 6.74. The van der Waals surface area contributed by atoms with Crippen molar-refractivity contribution in [1.82, 2.24) is 19.9 Å². The van der Waals surface area contributed by atoms with E-state index in [1.807, 2.05) is 54.9 Å². The minimum atomic E-state index is 0.584. The van der Waals surface area contributed by atoms with E-state index in [1.165, 1.54) is 16.2 Å². The fourth-order valence-corrected chi connectivity index (χ4v) is 6.98. The maximum Gasteiger partial charge on any atom is 0.164 e. The SMILES string of the molecule is c1ccc(-c2nc(-c3ccc4ccc5ccccc5c4c3)nc(-c3ccc(-c4ccccc4)c4oc5cc6ccncc6cc5c34)n2)cc1. The van der Waals surface area contributed by atoms with Crippen LogP contribution in [0, 0.1) is 0 Å². The second-order valence-electron chi connectivity index (χ2n) is 12.3. The van der Waals surface area contributed by atoms with Crippen LogP contribution >= 0.6 is 0 Å². The largest absolute Gasteiger partial charge is 0.455 e. The molecule has 0 unspecified atom stereocenters. The standard InChI is InChI=1S/C44H26N4O/c1-3-9-27(10-4-1)35-19-20-36(40-38-24-33-26-45-22-21-31(33)25-39(38)49-41(35)40)44-47-42(30-12-5-2-6-13-30)46-43(48-44)32-18-17-29-16-15-28-11-7-8-14-34(28)37(29)23-32/h1-26H. The summed E-state index contributed by atoms with van der Waals surface area (Å²) >= 11 is 0. The molecule has 0 saturated heterocycles. The molecule has 228 valence electrons. The average Bonchev–Trinajstić information content (AvgIpc) is 3.55. The first-order valence-electron chi connectivity index (χ1n) is 16.3. The highest BCUT2D eigenvalue weighted by Gasteiger charge is 2.21. The number of fused-ring (bicyclic) bond motifs is 7. The summed E-state index contributed by atoms with van der Waals surface area (Å²) in [5.74, 6) is 1.81. The number of aromatic nitrogens is 4. The summed E-state index contributed by atoms with van der Waals surface area (Å²) in [6.07, 6.45) is 3.71. The predicted octanol–water partition coefficient (Wildman–Crippen LogP) is 11.3. The zero-order chi connectivity index (χ0) is 32.3. The van der Waals surface area contributed by atoms with Crippen LogP contribution in [0.3, 0.4) is 0 Å². The smallest absolute Gasteiger partial charge is 0.164 e. The Hall–Kier alpha value is -6.72. The van der Waals surface area contributed by atoms with Gasteiger partial charge in [0.05, 0.1) is 0 Å². The lowest BCUT2D eigenvalue weighted by Gasteiger charge is -2.11. The lowest BCUT2D eigenvalue weighted by atomic mass is 9.97. The molecule has 10 aromatic rings. The van der Waals surface area contributed by atoms with Crippen molar-refractivity contribution in [3.8, 4) is 45.3 Å². The molecule has 0 N–H and O–H groups in total. The lowest BCUT2D eigenvalue weighted by molar-refractivity contribution is 0.670. The second-order valence-corrected chi connectivity index (χ2v) is 12.3. The van der Waals surface area contributed by atoms with E-state index in [0.717, 1.165) is 65.9 Å². The number of furan rings is 1. The molecular formula is C44H26N4O. The van der Waals surface area contributed by atoms with Crippen molar-refractivity contribution in [2.75, 3.05) is 0 Å². The predicted molar refractivity (Wildman–Crippen MR) is 199 cm³/mol. The number of rotatable bonds is 4. The first kappa shape index (κ1) is 27.4. The Kier molecular flexibility index (Phi) is 6.11. The molecule has 5 nitrogen and oxygen atoms in total. The van der Waals surface area contributed by atoms with Gasteiger partial charge in [-0.1, -0.05) is 109 Å². The van der Waals surface area contributed by atoms with E-state index in [4.69, 9.17) is 19.4 Å². The van der Waals surface area contributed by atoms with Gasteiger partial charge >= 0.3 is 0 Å². The highest BCUT2D eigenvalue weighted by atomic mass is 16.3. The van der Waals surface area contributed by atoms with Crippen molar-refractivity contribution in [1.29, 1.82) is 0 Å². The highest BCUT2D eigenvalue weighted by Crippen LogP contribution is 2.42. The van der Waals surface area contributed by atoms with E-state index < -0.39 is 0 Å². The molecule has 0 aliphatic rings. The Morgan fingerprint density at radius 1 is 0.408 bits per heavy atom. The summed E-state index contributed by atoms with van der Waals surface area (Å²) in [5.41, 5.74) is 6.41. The van der Waals surface area contributed by atoms with Gasteiger partial charge in [-0.25, -0.2) is 15.0 Å². The van der Waals surface area contributed by atoms with E-state index in [1.54, 1.807) is 0 Å². The quantitative estimate of drug-likeness (QED) is 0.182. The molecule has 10 rings (SSSR count). The zero-order valence-corrected chi connectivity index (χ0v) is 26.2. The topological polar surface area (TPSA) is 64.7 Å². The third-order valence-electron chi connectivity index (χ3n) is 9.38. The van der Waals surface area contributed by atoms with Crippen molar-refractivity contribution < 1.29 is 4.42 Å². The van der Waals surface area contributed by atoms with Gasteiger partial charge in [0, 0.05) is 50.8 Å². The molecule has 0 atom stereocenters. The Bertz CT molecular complexity index is 2880. The third kappa shape index (κ3) is 4.55. The number of benzene rings is 7. The van der Waals surface area contributed by atoms with Crippen molar-refractivity contribution in [3.63, 3.8) is 0 Å². The fourth-order valence-electron chi connectivity index (χ4n) is 6.98. The number of pyridine rings is 1. The van der Waals surface area contributed by atoms with Crippen LogP contribution in [0.15, 0.2) is 162 Å². The van der Waals surface area contributed by atoms with Crippen molar-refractivity contribution in [3.05, 3.63) is 158 Å². The summed E-state index contributed by atoms with van der Waals surface area (Å²) in [4.78, 5) is 19.8. The van der Waals surface area contributed by atoms with Crippen LogP contribution in [0.1, 0.15) is 0 Å². The van der Waals surface area contributed by atoms with Gasteiger partial charge in [-0.3, -0.25) is 4.98 Å². The van der Waals surface area contributed by atoms with Crippen molar-refractivity contribution in [2.24, 2.45) is 0 Å². The van der Waals surface area contributed by atoms with Crippen LogP contribution in [0.5, 0.6) is 0 Å². The van der Waals surface area contributed by atoms with Crippen molar-refractivity contribution in [2.45, 2.75) is 0 Å². The van der Waals surface area contributed by atoms with E-state index in [9.17, 15) is 0 Å². The molecule has 7 aromatic carbocycles. The van der Waals surface area contributed by atoms with E-state index in [-0.39, 0.29) is 0 Å². The van der Waals surface area contributed by atoms with Crippen LogP contribution in [0.4, 0.5) is 0 Å². The highest BCUT2D eigenvalue weighted by molar-refractivity contribution is 6.18. The summed E-state index contributed by atoms with van der Waals surface area (Å²) in [7, 11) is 0. The summed E-state index contributed by atoms with van der Waals surface area (Å²) < 4.78 is 6.74. The lowest BCUT2D eigenvalue weighted by Crippen LogP contribution is -2.00. The van der Waals surface area contributed by atoms with Crippen LogP contribution in [-0.2, 0) is 0 Å². The molecule has 0 bridgehead atoms. The van der Waals surface area contributed by atoms with Crippen LogP contribution in [0.2, 0.25) is 0 Å². The molecule has 0 saturated carbocycles. The molecule has 0 amide bonds. The van der Waals surface area contributed by atoms with Crippen LogP contribution in [-0.4, -0.2) is 19.9 Å². The minimum absolute atomic E-state index is 0.584. The molecule has 0 spiro atoms. The molecule has 0 aliphatic heterocycles. The normalized spacial score (nSPS) is 11.7. The maximum atomic E-state index is 6.74. The van der Waals surface area contributed by atoms with Gasteiger partial charge in [0.25, 0.3) is 0 Å². The number of hydrogen-bond acceptors (Lipinski definition) is 5.